The van der Waals surface area contributed by atoms with Crippen LogP contribution in [0.5, 0.6) is 0 Å². The molecule has 3 nitrogen and oxygen atoms in total. The number of likely N-dealkylation sites (tertiary alicyclic amines) is 1. The average molecular weight is 236 g/mol. The summed E-state index contributed by atoms with van der Waals surface area (Å²) in [6.07, 6.45) is 1.06. The van der Waals surface area contributed by atoms with Crippen molar-refractivity contribution in [3.05, 3.63) is 0 Å². The molecule has 0 spiro atoms. The Morgan fingerprint density at radius 2 is 2.00 bits per heavy atom. The normalized spacial score (nSPS) is 22.6. The highest BCUT2D eigenvalue weighted by Gasteiger charge is 2.36. The zero-order valence-electron chi connectivity index (χ0n) is 11.7. The van der Waals surface area contributed by atoms with Gasteiger partial charge in [0.25, 0.3) is 0 Å². The molecular formula is C14H24N2O. The van der Waals surface area contributed by atoms with Gasteiger partial charge in [-0.05, 0) is 23.7 Å². The van der Waals surface area contributed by atoms with Crippen molar-refractivity contribution in [2.24, 2.45) is 23.2 Å². The molecule has 0 saturated carbocycles. The maximum atomic E-state index is 12.2. The molecule has 0 radical (unpaired) electrons. The molecule has 3 heteroatoms. The summed E-state index contributed by atoms with van der Waals surface area (Å²) >= 11 is 0. The summed E-state index contributed by atoms with van der Waals surface area (Å²) in [5.41, 5.74) is 0.245. The highest BCUT2D eigenvalue weighted by Crippen LogP contribution is 2.34. The quantitative estimate of drug-likeness (QED) is 0.740. The molecule has 0 aromatic rings. The van der Waals surface area contributed by atoms with Gasteiger partial charge in [-0.3, -0.25) is 4.79 Å². The van der Waals surface area contributed by atoms with Crippen molar-refractivity contribution in [2.45, 2.75) is 41.0 Å². The first kappa shape index (κ1) is 14.0. The van der Waals surface area contributed by atoms with Crippen molar-refractivity contribution in [1.82, 2.24) is 4.90 Å². The number of carbonyl (C=O) groups excluding carboxylic acids is 1. The minimum absolute atomic E-state index is 0.0225. The zero-order valence-corrected chi connectivity index (χ0v) is 11.7. The minimum Gasteiger partial charge on any atom is -0.341 e. The van der Waals surface area contributed by atoms with Gasteiger partial charge in [-0.25, -0.2) is 0 Å². The lowest BCUT2D eigenvalue weighted by Crippen LogP contribution is -2.37. The molecule has 96 valence electrons. The van der Waals surface area contributed by atoms with Crippen LogP contribution in [-0.4, -0.2) is 23.9 Å². The monoisotopic (exact) mass is 236 g/mol. The van der Waals surface area contributed by atoms with Crippen LogP contribution in [0.15, 0.2) is 0 Å². The van der Waals surface area contributed by atoms with Gasteiger partial charge in [0.2, 0.25) is 5.91 Å². The predicted molar refractivity (Wildman–Crippen MR) is 68.1 cm³/mol. The van der Waals surface area contributed by atoms with Gasteiger partial charge >= 0.3 is 0 Å². The molecule has 17 heavy (non-hydrogen) atoms. The number of rotatable bonds is 2. The van der Waals surface area contributed by atoms with Crippen molar-refractivity contribution in [1.29, 1.82) is 5.26 Å². The van der Waals surface area contributed by atoms with Crippen molar-refractivity contribution in [3.63, 3.8) is 0 Å². The number of nitriles is 1. The van der Waals surface area contributed by atoms with Crippen LogP contribution in [0.25, 0.3) is 0 Å². The van der Waals surface area contributed by atoms with E-state index in [1.54, 1.807) is 0 Å². The van der Waals surface area contributed by atoms with E-state index < -0.39 is 5.92 Å². The fourth-order valence-electron chi connectivity index (χ4n) is 2.35. The molecule has 0 N–H and O–H groups in total. The summed E-state index contributed by atoms with van der Waals surface area (Å²) in [5, 5.41) is 9.06. The number of amides is 1. The Bertz CT molecular complexity index is 322. The SMILES string of the molecule is CC(C)C(C#N)C(=O)N1CCC(C(C)(C)C)C1. The second kappa shape index (κ2) is 5.08. The molecule has 0 aromatic heterocycles. The summed E-state index contributed by atoms with van der Waals surface area (Å²) in [5.74, 6) is 0.196. The maximum absolute atomic E-state index is 12.2. The van der Waals surface area contributed by atoms with Crippen LogP contribution in [0.4, 0.5) is 0 Å². The number of hydrogen-bond donors (Lipinski definition) is 0. The van der Waals surface area contributed by atoms with Crippen LogP contribution in [0.3, 0.4) is 0 Å². The molecule has 0 bridgehead atoms. The van der Waals surface area contributed by atoms with Gasteiger partial charge in [0.15, 0.2) is 0 Å². The van der Waals surface area contributed by atoms with E-state index in [4.69, 9.17) is 5.26 Å². The molecule has 0 aromatic carbocycles. The van der Waals surface area contributed by atoms with Crippen molar-refractivity contribution >= 4 is 5.91 Å². The van der Waals surface area contributed by atoms with Gasteiger partial charge in [-0.2, -0.15) is 5.26 Å². The molecule has 2 unspecified atom stereocenters. The van der Waals surface area contributed by atoms with Crippen LogP contribution >= 0.6 is 0 Å². The first-order valence-corrected chi connectivity index (χ1v) is 6.45. The predicted octanol–water partition coefficient (Wildman–Crippen LogP) is 2.68. The minimum atomic E-state index is -0.478. The first-order chi connectivity index (χ1) is 7.77. The number of hydrogen-bond acceptors (Lipinski definition) is 2. The van der Waals surface area contributed by atoms with Crippen molar-refractivity contribution in [3.8, 4) is 6.07 Å². The topological polar surface area (TPSA) is 44.1 Å². The average Bonchev–Trinajstić information content (AvgIpc) is 2.65. The highest BCUT2D eigenvalue weighted by molar-refractivity contribution is 5.81. The zero-order chi connectivity index (χ0) is 13.2. The van der Waals surface area contributed by atoms with E-state index in [9.17, 15) is 4.79 Å². The lowest BCUT2D eigenvalue weighted by atomic mass is 9.80. The van der Waals surface area contributed by atoms with Gasteiger partial charge in [-0.15, -0.1) is 0 Å². The van der Waals surface area contributed by atoms with Crippen molar-refractivity contribution in [2.75, 3.05) is 13.1 Å². The van der Waals surface area contributed by atoms with Crippen LogP contribution in [0.2, 0.25) is 0 Å². The lowest BCUT2D eigenvalue weighted by Gasteiger charge is -2.27. The number of carbonyl (C=O) groups is 1. The summed E-state index contributed by atoms with van der Waals surface area (Å²) in [4.78, 5) is 14.1. The Morgan fingerprint density at radius 3 is 2.35 bits per heavy atom. The van der Waals surface area contributed by atoms with E-state index in [1.807, 2.05) is 18.7 Å². The van der Waals surface area contributed by atoms with E-state index >= 15 is 0 Å². The smallest absolute Gasteiger partial charge is 0.240 e. The fraction of sp³-hybridized carbons (Fsp3) is 0.857. The van der Waals surface area contributed by atoms with Gasteiger partial charge < -0.3 is 4.90 Å². The maximum Gasteiger partial charge on any atom is 0.240 e. The summed E-state index contributed by atoms with van der Waals surface area (Å²) in [7, 11) is 0. The molecular weight excluding hydrogens is 212 g/mol. The Morgan fingerprint density at radius 1 is 1.41 bits per heavy atom. The second-order valence-electron chi connectivity index (χ2n) is 6.49. The van der Waals surface area contributed by atoms with Crippen LogP contribution in [0, 0.1) is 34.5 Å². The Hall–Kier alpha value is -1.04. The molecule has 1 rings (SSSR count). The fourth-order valence-corrected chi connectivity index (χ4v) is 2.35. The van der Waals surface area contributed by atoms with E-state index in [0.717, 1.165) is 19.5 Å². The summed E-state index contributed by atoms with van der Waals surface area (Å²) < 4.78 is 0. The molecule has 1 aliphatic rings. The lowest BCUT2D eigenvalue weighted by molar-refractivity contribution is -0.134. The van der Waals surface area contributed by atoms with Gasteiger partial charge in [0.1, 0.15) is 5.92 Å². The van der Waals surface area contributed by atoms with E-state index in [0.29, 0.717) is 5.92 Å². The van der Waals surface area contributed by atoms with E-state index in [-0.39, 0.29) is 17.2 Å². The molecule has 1 heterocycles. The first-order valence-electron chi connectivity index (χ1n) is 6.45. The van der Waals surface area contributed by atoms with Crippen LogP contribution < -0.4 is 0 Å². The highest BCUT2D eigenvalue weighted by atomic mass is 16.2. The van der Waals surface area contributed by atoms with Crippen molar-refractivity contribution < 1.29 is 4.79 Å². The summed E-state index contributed by atoms with van der Waals surface area (Å²) in [6, 6.07) is 2.14. The molecule has 1 saturated heterocycles. The third-order valence-corrected chi connectivity index (χ3v) is 3.80. The largest absolute Gasteiger partial charge is 0.341 e. The molecule has 0 aliphatic carbocycles. The molecule has 1 aliphatic heterocycles. The van der Waals surface area contributed by atoms with E-state index in [2.05, 4.69) is 26.8 Å². The Labute approximate surface area is 105 Å². The molecule has 2 atom stereocenters. The second-order valence-corrected chi connectivity index (χ2v) is 6.49. The standard InChI is InChI=1S/C14H24N2O/c1-10(2)12(8-15)13(17)16-7-6-11(9-16)14(3,4)5/h10-12H,6-7,9H2,1-5H3. The third kappa shape index (κ3) is 3.21. The molecule has 1 amide bonds. The van der Waals surface area contributed by atoms with E-state index in [1.165, 1.54) is 0 Å². The van der Waals surface area contributed by atoms with Crippen LogP contribution in [0.1, 0.15) is 41.0 Å². The Balaban J connectivity index is 2.66. The van der Waals surface area contributed by atoms with Gasteiger partial charge in [0, 0.05) is 13.1 Å². The van der Waals surface area contributed by atoms with Gasteiger partial charge in [-0.1, -0.05) is 34.6 Å². The van der Waals surface area contributed by atoms with Crippen LogP contribution in [-0.2, 0) is 4.79 Å². The van der Waals surface area contributed by atoms with Gasteiger partial charge in [0.05, 0.1) is 6.07 Å². The third-order valence-electron chi connectivity index (χ3n) is 3.80. The Kier molecular flexibility index (Phi) is 4.19. The summed E-state index contributed by atoms with van der Waals surface area (Å²) in [6.45, 7) is 12.1. The molecule has 1 fully saturated rings. The number of nitrogens with zero attached hydrogens (tertiary/aromatic N) is 2.